The van der Waals surface area contributed by atoms with E-state index in [9.17, 15) is 9.59 Å². The van der Waals surface area contributed by atoms with Crippen LogP contribution in [0.3, 0.4) is 0 Å². The second kappa shape index (κ2) is 9.29. The van der Waals surface area contributed by atoms with Gasteiger partial charge in [0.2, 0.25) is 0 Å². The predicted octanol–water partition coefficient (Wildman–Crippen LogP) is 5.08. The molecule has 1 aromatic carbocycles. The number of thioether (sulfide) groups is 1. The standard InChI is InChI=1S/C18H22BrNO4S/c1-4-7-8-20-17(21)16(25-18(20)22)10-12-9-13(19)15(24-6-3)11-14(12)23-5-2/h9-11H,4-8H2,1-3H3/b16-10-. The van der Waals surface area contributed by atoms with E-state index in [1.165, 1.54) is 4.90 Å². The van der Waals surface area contributed by atoms with Gasteiger partial charge in [-0.2, -0.15) is 0 Å². The lowest BCUT2D eigenvalue weighted by Gasteiger charge is -2.13. The number of ether oxygens (including phenoxy) is 2. The van der Waals surface area contributed by atoms with Gasteiger partial charge in [-0.3, -0.25) is 14.5 Å². The Hall–Kier alpha value is -1.47. The highest BCUT2D eigenvalue weighted by Crippen LogP contribution is 2.38. The molecule has 1 aromatic rings. The number of benzene rings is 1. The number of carbonyl (C=O) groups is 2. The van der Waals surface area contributed by atoms with Crippen LogP contribution in [0.15, 0.2) is 21.5 Å². The number of halogens is 1. The summed E-state index contributed by atoms with van der Waals surface area (Å²) in [5.74, 6) is 1.06. The minimum absolute atomic E-state index is 0.215. The van der Waals surface area contributed by atoms with Gasteiger partial charge in [0, 0.05) is 18.2 Å². The number of hydrogen-bond donors (Lipinski definition) is 0. The van der Waals surface area contributed by atoms with E-state index in [4.69, 9.17) is 9.47 Å². The summed E-state index contributed by atoms with van der Waals surface area (Å²) in [6.07, 6.45) is 3.45. The molecule has 25 heavy (non-hydrogen) atoms. The van der Waals surface area contributed by atoms with Crippen LogP contribution in [0.2, 0.25) is 0 Å². The molecule has 2 amide bonds. The highest BCUT2D eigenvalue weighted by Gasteiger charge is 2.34. The monoisotopic (exact) mass is 427 g/mol. The van der Waals surface area contributed by atoms with Gasteiger partial charge in [-0.15, -0.1) is 0 Å². The van der Waals surface area contributed by atoms with Crippen LogP contribution in [0, 0.1) is 0 Å². The minimum atomic E-state index is -0.240. The topological polar surface area (TPSA) is 55.8 Å². The molecule has 0 unspecified atom stereocenters. The Morgan fingerprint density at radius 3 is 2.44 bits per heavy atom. The molecule has 5 nitrogen and oxygen atoms in total. The summed E-state index contributed by atoms with van der Waals surface area (Å²) in [7, 11) is 0. The van der Waals surface area contributed by atoms with Gasteiger partial charge in [0.1, 0.15) is 11.5 Å². The second-order valence-corrected chi connectivity index (χ2v) is 7.22. The first-order chi connectivity index (χ1) is 12.0. The second-order valence-electron chi connectivity index (χ2n) is 5.37. The van der Waals surface area contributed by atoms with E-state index in [0.717, 1.165) is 34.6 Å². The van der Waals surface area contributed by atoms with Crippen LogP contribution in [0.25, 0.3) is 6.08 Å². The fourth-order valence-corrected chi connectivity index (χ4v) is 3.69. The average molecular weight is 428 g/mol. The molecule has 2 rings (SSSR count). The van der Waals surface area contributed by atoms with Crippen molar-refractivity contribution in [2.24, 2.45) is 0 Å². The molecule has 0 spiro atoms. The molecule has 1 aliphatic rings. The van der Waals surface area contributed by atoms with Crippen molar-refractivity contribution in [3.63, 3.8) is 0 Å². The van der Waals surface area contributed by atoms with Crippen molar-refractivity contribution >= 4 is 44.9 Å². The Labute approximate surface area is 160 Å². The molecule has 0 aliphatic carbocycles. The third-order valence-electron chi connectivity index (χ3n) is 3.56. The van der Waals surface area contributed by atoms with Crippen molar-refractivity contribution in [1.29, 1.82) is 0 Å². The summed E-state index contributed by atoms with van der Waals surface area (Å²) in [6, 6.07) is 3.64. The van der Waals surface area contributed by atoms with Crippen molar-refractivity contribution in [3.8, 4) is 11.5 Å². The van der Waals surface area contributed by atoms with Crippen molar-refractivity contribution in [2.45, 2.75) is 33.6 Å². The van der Waals surface area contributed by atoms with Crippen LogP contribution in [0.5, 0.6) is 11.5 Å². The van der Waals surface area contributed by atoms with E-state index in [-0.39, 0.29) is 11.1 Å². The summed E-state index contributed by atoms with van der Waals surface area (Å²) >= 11 is 4.45. The minimum Gasteiger partial charge on any atom is -0.493 e. The summed E-state index contributed by atoms with van der Waals surface area (Å²) < 4.78 is 12.0. The summed E-state index contributed by atoms with van der Waals surface area (Å²) in [5, 5.41) is -0.215. The first-order valence-electron chi connectivity index (χ1n) is 8.36. The van der Waals surface area contributed by atoms with Gasteiger partial charge >= 0.3 is 0 Å². The third kappa shape index (κ3) is 4.79. The van der Waals surface area contributed by atoms with Crippen LogP contribution in [-0.2, 0) is 4.79 Å². The smallest absolute Gasteiger partial charge is 0.293 e. The van der Waals surface area contributed by atoms with E-state index in [1.54, 1.807) is 12.1 Å². The first-order valence-corrected chi connectivity index (χ1v) is 9.97. The van der Waals surface area contributed by atoms with Crippen LogP contribution >= 0.6 is 27.7 Å². The number of hydrogen-bond acceptors (Lipinski definition) is 5. The van der Waals surface area contributed by atoms with E-state index < -0.39 is 0 Å². The maximum atomic E-state index is 12.5. The molecule has 0 aromatic heterocycles. The van der Waals surface area contributed by atoms with Crippen LogP contribution in [0.1, 0.15) is 39.2 Å². The molecule has 136 valence electrons. The fourth-order valence-electron chi connectivity index (χ4n) is 2.36. The van der Waals surface area contributed by atoms with Crippen molar-refractivity contribution in [3.05, 3.63) is 27.1 Å². The number of imide groups is 1. The average Bonchev–Trinajstić information content (AvgIpc) is 2.84. The van der Waals surface area contributed by atoms with Crippen LogP contribution < -0.4 is 9.47 Å². The summed E-state index contributed by atoms with van der Waals surface area (Å²) in [4.78, 5) is 26.3. The predicted molar refractivity (Wildman–Crippen MR) is 104 cm³/mol. The molecule has 0 N–H and O–H groups in total. The van der Waals surface area contributed by atoms with Gasteiger partial charge in [0.25, 0.3) is 11.1 Å². The zero-order chi connectivity index (χ0) is 18.4. The van der Waals surface area contributed by atoms with Crippen molar-refractivity contribution in [1.82, 2.24) is 4.90 Å². The largest absolute Gasteiger partial charge is 0.493 e. The van der Waals surface area contributed by atoms with Gasteiger partial charge < -0.3 is 9.47 Å². The van der Waals surface area contributed by atoms with E-state index in [1.807, 2.05) is 26.8 Å². The highest BCUT2D eigenvalue weighted by atomic mass is 79.9. The normalized spacial score (nSPS) is 16.0. The Bertz CT molecular complexity index is 690. The van der Waals surface area contributed by atoms with Crippen molar-refractivity contribution in [2.75, 3.05) is 19.8 Å². The molecule has 7 heteroatoms. The molecule has 1 fully saturated rings. The molecule has 0 saturated carbocycles. The molecular formula is C18H22BrNO4S. The lowest BCUT2D eigenvalue weighted by atomic mass is 10.1. The lowest BCUT2D eigenvalue weighted by molar-refractivity contribution is -0.122. The SMILES string of the molecule is CCCCN1C(=O)S/C(=C\c2cc(Br)c(OCC)cc2OCC)C1=O. The Balaban J connectivity index is 2.34. The van der Waals surface area contributed by atoms with E-state index in [0.29, 0.717) is 36.2 Å². The Morgan fingerprint density at radius 2 is 1.80 bits per heavy atom. The quantitative estimate of drug-likeness (QED) is 0.541. The highest BCUT2D eigenvalue weighted by molar-refractivity contribution is 9.10. The number of unbranched alkanes of at least 4 members (excludes halogenated alkanes) is 1. The lowest BCUT2D eigenvalue weighted by Crippen LogP contribution is -2.29. The van der Waals surface area contributed by atoms with Crippen molar-refractivity contribution < 1.29 is 19.1 Å². The van der Waals surface area contributed by atoms with Crippen LogP contribution in [-0.4, -0.2) is 35.8 Å². The molecule has 0 radical (unpaired) electrons. The zero-order valence-corrected chi connectivity index (χ0v) is 17.0. The number of amides is 2. The summed E-state index contributed by atoms with van der Waals surface area (Å²) in [5.41, 5.74) is 0.734. The molecule has 1 heterocycles. The van der Waals surface area contributed by atoms with Gasteiger partial charge in [-0.25, -0.2) is 0 Å². The van der Waals surface area contributed by atoms with Crippen LogP contribution in [0.4, 0.5) is 4.79 Å². The Morgan fingerprint density at radius 1 is 1.12 bits per heavy atom. The fraction of sp³-hybridized carbons (Fsp3) is 0.444. The van der Waals surface area contributed by atoms with Gasteiger partial charge in [0.05, 0.1) is 22.6 Å². The zero-order valence-electron chi connectivity index (χ0n) is 14.6. The van der Waals surface area contributed by atoms with Gasteiger partial charge in [-0.05, 0) is 60.1 Å². The van der Waals surface area contributed by atoms with E-state index in [2.05, 4.69) is 15.9 Å². The maximum absolute atomic E-state index is 12.5. The molecule has 1 saturated heterocycles. The van der Waals surface area contributed by atoms with Gasteiger partial charge in [0.15, 0.2) is 0 Å². The Kier molecular flexibility index (Phi) is 7.38. The van der Waals surface area contributed by atoms with E-state index >= 15 is 0 Å². The number of carbonyl (C=O) groups excluding carboxylic acids is 2. The summed E-state index contributed by atoms with van der Waals surface area (Å²) in [6.45, 7) is 7.33. The number of nitrogens with zero attached hydrogens (tertiary/aromatic N) is 1. The number of rotatable bonds is 8. The first kappa shape index (κ1) is 19.8. The molecular weight excluding hydrogens is 406 g/mol. The maximum Gasteiger partial charge on any atom is 0.293 e. The third-order valence-corrected chi connectivity index (χ3v) is 5.09. The molecule has 1 aliphatic heterocycles. The van der Waals surface area contributed by atoms with Gasteiger partial charge in [-0.1, -0.05) is 13.3 Å². The molecule has 0 atom stereocenters. The molecule has 0 bridgehead atoms.